The number of aryl methyl sites for hydroxylation is 1. The highest BCUT2D eigenvalue weighted by Gasteiger charge is 2.21. The van der Waals surface area contributed by atoms with Gasteiger partial charge in [-0.3, -0.25) is 4.72 Å². The van der Waals surface area contributed by atoms with E-state index in [1.54, 1.807) is 0 Å². The van der Waals surface area contributed by atoms with E-state index in [9.17, 15) is 17.2 Å². The smallest absolute Gasteiger partial charge is 0.264 e. The van der Waals surface area contributed by atoms with Crippen molar-refractivity contribution < 1.29 is 17.2 Å². The molecular formula is C13H12F2N2O2S. The summed E-state index contributed by atoms with van der Waals surface area (Å²) in [7, 11) is -4.18. The van der Waals surface area contributed by atoms with Gasteiger partial charge in [-0.25, -0.2) is 17.2 Å². The second kappa shape index (κ2) is 5.09. The number of hydrogen-bond acceptors (Lipinski definition) is 3. The SMILES string of the molecule is Cc1cccc(S(=O)(=O)Nc2cc(F)ccc2N)c1F. The Kier molecular flexibility index (Phi) is 3.63. The van der Waals surface area contributed by atoms with Crippen LogP contribution in [0.1, 0.15) is 5.56 Å². The monoisotopic (exact) mass is 298 g/mol. The van der Waals surface area contributed by atoms with Crippen LogP contribution in [0.4, 0.5) is 20.2 Å². The first-order valence-electron chi connectivity index (χ1n) is 5.64. The Balaban J connectivity index is 2.46. The minimum atomic E-state index is -4.18. The van der Waals surface area contributed by atoms with Crippen LogP contribution in [0.3, 0.4) is 0 Å². The standard InChI is InChI=1S/C13H12F2N2O2S/c1-8-3-2-4-12(13(8)15)20(18,19)17-11-7-9(14)5-6-10(11)16/h2-7,17H,16H2,1H3. The summed E-state index contributed by atoms with van der Waals surface area (Å²) in [6.07, 6.45) is 0. The maximum atomic E-state index is 13.9. The number of nitrogens with two attached hydrogens (primary N) is 1. The average Bonchev–Trinajstić information content (AvgIpc) is 2.36. The zero-order chi connectivity index (χ0) is 14.9. The van der Waals surface area contributed by atoms with E-state index in [2.05, 4.69) is 4.72 Å². The number of sulfonamides is 1. The summed E-state index contributed by atoms with van der Waals surface area (Å²) in [6.45, 7) is 1.45. The highest BCUT2D eigenvalue weighted by atomic mass is 32.2. The van der Waals surface area contributed by atoms with Crippen molar-refractivity contribution in [1.82, 2.24) is 0 Å². The van der Waals surface area contributed by atoms with Crippen LogP contribution in [-0.2, 0) is 10.0 Å². The van der Waals surface area contributed by atoms with Gasteiger partial charge in [0.05, 0.1) is 11.4 Å². The summed E-state index contributed by atoms with van der Waals surface area (Å²) in [5, 5.41) is 0. The molecule has 20 heavy (non-hydrogen) atoms. The molecule has 2 aromatic carbocycles. The number of halogens is 2. The van der Waals surface area contributed by atoms with Gasteiger partial charge in [-0.2, -0.15) is 0 Å². The Morgan fingerprint density at radius 3 is 2.55 bits per heavy atom. The highest BCUT2D eigenvalue weighted by molar-refractivity contribution is 7.92. The van der Waals surface area contributed by atoms with E-state index in [1.807, 2.05) is 0 Å². The Hall–Kier alpha value is -2.15. The molecule has 4 nitrogen and oxygen atoms in total. The highest BCUT2D eigenvalue weighted by Crippen LogP contribution is 2.25. The lowest BCUT2D eigenvalue weighted by Gasteiger charge is -2.11. The molecule has 0 atom stereocenters. The molecule has 0 spiro atoms. The lowest BCUT2D eigenvalue weighted by molar-refractivity contribution is 0.565. The number of rotatable bonds is 3. The molecule has 0 amide bonds. The van der Waals surface area contributed by atoms with E-state index in [0.29, 0.717) is 0 Å². The first kappa shape index (κ1) is 14.3. The normalized spacial score (nSPS) is 11.3. The number of benzene rings is 2. The number of nitrogens with one attached hydrogen (secondary N) is 1. The van der Waals surface area contributed by atoms with Crippen molar-refractivity contribution in [2.45, 2.75) is 11.8 Å². The van der Waals surface area contributed by atoms with Crippen LogP contribution in [0.25, 0.3) is 0 Å². The molecule has 0 bridgehead atoms. The zero-order valence-electron chi connectivity index (χ0n) is 10.5. The minimum absolute atomic E-state index is 0.0445. The van der Waals surface area contributed by atoms with Crippen molar-refractivity contribution in [2.75, 3.05) is 10.5 Å². The van der Waals surface area contributed by atoms with E-state index in [4.69, 9.17) is 5.73 Å². The Morgan fingerprint density at radius 1 is 1.15 bits per heavy atom. The van der Waals surface area contributed by atoms with Crippen molar-refractivity contribution in [2.24, 2.45) is 0 Å². The van der Waals surface area contributed by atoms with Crippen LogP contribution in [0.5, 0.6) is 0 Å². The molecule has 3 N–H and O–H groups in total. The van der Waals surface area contributed by atoms with Gasteiger partial charge in [0.15, 0.2) is 0 Å². The quantitative estimate of drug-likeness (QED) is 0.856. The molecule has 0 radical (unpaired) electrons. The van der Waals surface area contributed by atoms with E-state index < -0.39 is 26.6 Å². The second-order valence-corrected chi connectivity index (χ2v) is 5.87. The molecule has 106 valence electrons. The molecule has 7 heteroatoms. The van der Waals surface area contributed by atoms with Gasteiger partial charge in [0.2, 0.25) is 0 Å². The van der Waals surface area contributed by atoms with Crippen LogP contribution >= 0.6 is 0 Å². The van der Waals surface area contributed by atoms with Gasteiger partial charge in [0, 0.05) is 6.07 Å². The van der Waals surface area contributed by atoms with Gasteiger partial charge >= 0.3 is 0 Å². The fourth-order valence-electron chi connectivity index (χ4n) is 1.64. The molecule has 0 aliphatic carbocycles. The Morgan fingerprint density at radius 2 is 1.85 bits per heavy atom. The van der Waals surface area contributed by atoms with Crippen LogP contribution in [0, 0.1) is 18.6 Å². The lowest BCUT2D eigenvalue weighted by atomic mass is 10.2. The predicted octanol–water partition coefficient (Wildman–Crippen LogP) is 2.66. The molecule has 0 heterocycles. The van der Waals surface area contributed by atoms with Gasteiger partial charge in [-0.1, -0.05) is 12.1 Å². The van der Waals surface area contributed by atoms with Gasteiger partial charge < -0.3 is 5.73 Å². The zero-order valence-corrected chi connectivity index (χ0v) is 11.3. The molecular weight excluding hydrogens is 286 g/mol. The van der Waals surface area contributed by atoms with Crippen molar-refractivity contribution in [3.63, 3.8) is 0 Å². The van der Waals surface area contributed by atoms with E-state index in [-0.39, 0.29) is 16.9 Å². The fraction of sp³-hybridized carbons (Fsp3) is 0.0769. The van der Waals surface area contributed by atoms with E-state index in [0.717, 1.165) is 18.2 Å². The molecule has 2 aromatic rings. The van der Waals surface area contributed by atoms with E-state index >= 15 is 0 Å². The molecule has 0 aromatic heterocycles. The van der Waals surface area contributed by atoms with Crippen molar-refractivity contribution in [3.8, 4) is 0 Å². The lowest BCUT2D eigenvalue weighted by Crippen LogP contribution is -2.16. The number of hydrogen-bond donors (Lipinski definition) is 2. The van der Waals surface area contributed by atoms with Crippen LogP contribution < -0.4 is 10.5 Å². The largest absolute Gasteiger partial charge is 0.397 e. The Bertz CT molecular complexity index is 761. The summed E-state index contributed by atoms with van der Waals surface area (Å²) in [6, 6.07) is 7.24. The number of anilines is 2. The predicted molar refractivity (Wildman–Crippen MR) is 72.8 cm³/mol. The first-order valence-corrected chi connectivity index (χ1v) is 7.12. The molecule has 2 rings (SSSR count). The maximum Gasteiger partial charge on any atom is 0.264 e. The van der Waals surface area contributed by atoms with E-state index in [1.165, 1.54) is 25.1 Å². The van der Waals surface area contributed by atoms with Crippen molar-refractivity contribution in [3.05, 3.63) is 53.6 Å². The summed E-state index contributed by atoms with van der Waals surface area (Å²) in [5.41, 5.74) is 5.66. The third-order valence-electron chi connectivity index (χ3n) is 2.71. The fourth-order valence-corrected chi connectivity index (χ4v) is 2.88. The molecule has 0 saturated heterocycles. The molecule has 0 unspecified atom stereocenters. The Labute approximate surface area is 115 Å². The third kappa shape index (κ3) is 2.72. The van der Waals surface area contributed by atoms with Crippen molar-refractivity contribution >= 4 is 21.4 Å². The molecule has 0 aliphatic rings. The van der Waals surface area contributed by atoms with Gasteiger partial charge in [0.25, 0.3) is 10.0 Å². The van der Waals surface area contributed by atoms with Crippen LogP contribution in [0.2, 0.25) is 0 Å². The van der Waals surface area contributed by atoms with Gasteiger partial charge in [-0.15, -0.1) is 0 Å². The first-order chi connectivity index (χ1) is 9.31. The summed E-state index contributed by atoms with van der Waals surface area (Å²) in [5.74, 6) is -1.50. The van der Waals surface area contributed by atoms with Crippen LogP contribution in [0.15, 0.2) is 41.3 Å². The number of nitrogen functional groups attached to an aromatic ring is 1. The maximum absolute atomic E-state index is 13.9. The van der Waals surface area contributed by atoms with Crippen molar-refractivity contribution in [1.29, 1.82) is 0 Å². The summed E-state index contributed by atoms with van der Waals surface area (Å²) < 4.78 is 53.3. The summed E-state index contributed by atoms with van der Waals surface area (Å²) >= 11 is 0. The van der Waals surface area contributed by atoms with Gasteiger partial charge in [-0.05, 0) is 30.7 Å². The molecule has 0 fully saturated rings. The topological polar surface area (TPSA) is 72.2 Å². The minimum Gasteiger partial charge on any atom is -0.397 e. The van der Waals surface area contributed by atoms with Crippen LogP contribution in [-0.4, -0.2) is 8.42 Å². The molecule has 0 saturated carbocycles. The third-order valence-corrected chi connectivity index (χ3v) is 4.09. The molecule has 0 aliphatic heterocycles. The summed E-state index contributed by atoms with van der Waals surface area (Å²) in [4.78, 5) is -0.513. The second-order valence-electron chi connectivity index (χ2n) is 4.22. The van der Waals surface area contributed by atoms with Gasteiger partial charge in [0.1, 0.15) is 16.5 Å². The average molecular weight is 298 g/mol.